The van der Waals surface area contributed by atoms with Crippen LogP contribution in [0.4, 0.5) is 0 Å². The van der Waals surface area contributed by atoms with Crippen LogP contribution in [0.3, 0.4) is 0 Å². The lowest BCUT2D eigenvalue weighted by molar-refractivity contribution is -0.904. The fourth-order valence-electron chi connectivity index (χ4n) is 4.76. The third-order valence-electron chi connectivity index (χ3n) is 6.80. The van der Waals surface area contributed by atoms with E-state index >= 15 is 0 Å². The molecular formula is C28H36ClN3O5. The van der Waals surface area contributed by atoms with Gasteiger partial charge >= 0.3 is 0 Å². The molecule has 2 aromatic carbocycles. The molecule has 1 atom stereocenters. The number of nitrogens with zero attached hydrogens (tertiary/aromatic N) is 3. The van der Waals surface area contributed by atoms with E-state index in [0.29, 0.717) is 36.0 Å². The first-order chi connectivity index (χ1) is 17.8. The average molecular weight is 530 g/mol. The van der Waals surface area contributed by atoms with Gasteiger partial charge < -0.3 is 28.8 Å². The molecule has 1 aromatic heterocycles. The van der Waals surface area contributed by atoms with Crippen molar-refractivity contribution in [3.63, 3.8) is 0 Å². The van der Waals surface area contributed by atoms with E-state index in [1.807, 2.05) is 54.6 Å². The second kappa shape index (κ2) is 13.7. The summed E-state index contributed by atoms with van der Waals surface area (Å²) in [5.74, 6) is 0.975. The standard InChI is InChI=1S/C27H35ClN3O3.CH2O2/c1-31(2,17-18-33-20-21-13-15-24(28)16-14-21)19-25-29-26(34-30-25)27(32,22-9-5-3-6-10-22)23-11-7-4-8-12-23;2-1-3/h3,5-6,9-10,13-16,23,32H,4,7-8,11-12,17-20H2,1-2H3;1H,(H,2,3)/q+1;/p-1. The van der Waals surface area contributed by atoms with Gasteiger partial charge in [-0.2, -0.15) is 4.98 Å². The molecule has 1 N–H and O–H groups in total. The number of rotatable bonds is 10. The number of ether oxygens (including phenoxy) is 1. The fraction of sp³-hybridized carbons (Fsp3) is 0.464. The molecule has 1 aliphatic carbocycles. The average Bonchev–Trinajstić information content (AvgIpc) is 3.37. The first-order valence-corrected chi connectivity index (χ1v) is 13.0. The van der Waals surface area contributed by atoms with Crippen molar-refractivity contribution in [3.8, 4) is 0 Å². The van der Waals surface area contributed by atoms with Gasteiger partial charge in [0.05, 0.1) is 27.3 Å². The summed E-state index contributed by atoms with van der Waals surface area (Å²) >= 11 is 5.94. The van der Waals surface area contributed by atoms with Crippen molar-refractivity contribution >= 4 is 18.1 Å². The van der Waals surface area contributed by atoms with Crippen LogP contribution in [-0.4, -0.2) is 53.4 Å². The highest BCUT2D eigenvalue weighted by Crippen LogP contribution is 2.43. The van der Waals surface area contributed by atoms with Gasteiger partial charge in [0.25, 0.3) is 5.89 Å². The van der Waals surface area contributed by atoms with Gasteiger partial charge in [-0.15, -0.1) is 0 Å². The summed E-state index contributed by atoms with van der Waals surface area (Å²) in [6.45, 7) is 2.04. The molecule has 200 valence electrons. The van der Waals surface area contributed by atoms with Gasteiger partial charge in [-0.05, 0) is 36.1 Å². The molecule has 0 amide bonds. The third-order valence-corrected chi connectivity index (χ3v) is 7.05. The number of halogens is 1. The van der Waals surface area contributed by atoms with Crippen molar-refractivity contribution in [2.45, 2.75) is 50.9 Å². The van der Waals surface area contributed by atoms with Crippen molar-refractivity contribution < 1.29 is 28.8 Å². The lowest BCUT2D eigenvalue weighted by atomic mass is 9.73. The lowest BCUT2D eigenvalue weighted by Crippen LogP contribution is -2.42. The van der Waals surface area contributed by atoms with Crippen molar-refractivity contribution in [1.82, 2.24) is 10.1 Å². The Morgan fingerprint density at radius 2 is 1.78 bits per heavy atom. The highest BCUT2D eigenvalue weighted by atomic mass is 35.5. The Hall–Kier alpha value is -2.78. The minimum atomic E-state index is -1.26. The van der Waals surface area contributed by atoms with E-state index in [-0.39, 0.29) is 5.92 Å². The van der Waals surface area contributed by atoms with Crippen LogP contribution in [-0.2, 0) is 28.3 Å². The summed E-state index contributed by atoms with van der Waals surface area (Å²) in [6, 6.07) is 17.5. The number of carbonyl (C=O) groups is 1. The maximum absolute atomic E-state index is 12.0. The Labute approximate surface area is 223 Å². The number of likely N-dealkylation sites (N-methyl/N-ethyl adjacent to an activating group) is 1. The molecule has 4 rings (SSSR count). The maximum atomic E-state index is 12.0. The second-order valence-corrected chi connectivity index (χ2v) is 10.5. The SMILES string of the molecule is C[N+](C)(CCOCc1ccc(Cl)cc1)Cc1noc(C(O)(c2ccccc2)C2CCCCC2)n1.O=C[O-]. The predicted octanol–water partition coefficient (Wildman–Crippen LogP) is 3.70. The van der Waals surface area contributed by atoms with Crippen molar-refractivity contribution in [1.29, 1.82) is 0 Å². The third kappa shape index (κ3) is 8.10. The summed E-state index contributed by atoms with van der Waals surface area (Å²) in [5.41, 5.74) is 0.660. The molecule has 0 aliphatic heterocycles. The van der Waals surface area contributed by atoms with Gasteiger partial charge in [-0.3, -0.25) is 0 Å². The lowest BCUT2D eigenvalue weighted by Gasteiger charge is -2.36. The number of aliphatic hydroxyl groups is 1. The Morgan fingerprint density at radius 1 is 1.14 bits per heavy atom. The number of quaternary nitrogens is 1. The summed E-state index contributed by atoms with van der Waals surface area (Å²) in [5, 5.41) is 25.2. The number of carbonyl (C=O) groups excluding carboxylic acids is 1. The van der Waals surface area contributed by atoms with Crippen LogP contribution in [0.15, 0.2) is 59.1 Å². The van der Waals surface area contributed by atoms with E-state index in [9.17, 15) is 5.11 Å². The van der Waals surface area contributed by atoms with Gasteiger partial charge in [0, 0.05) is 17.4 Å². The molecule has 1 fully saturated rings. The summed E-state index contributed by atoms with van der Waals surface area (Å²) in [6.07, 6.45) is 5.34. The van der Waals surface area contributed by atoms with Crippen molar-refractivity contribution in [2.24, 2.45) is 5.92 Å². The molecular weight excluding hydrogens is 494 g/mol. The smallest absolute Gasteiger partial charge is 0.263 e. The molecule has 1 unspecified atom stereocenters. The molecule has 1 saturated carbocycles. The first kappa shape index (κ1) is 28.8. The van der Waals surface area contributed by atoms with E-state index < -0.39 is 12.1 Å². The molecule has 1 aliphatic rings. The summed E-state index contributed by atoms with van der Waals surface area (Å²) in [4.78, 5) is 13.0. The van der Waals surface area contributed by atoms with Crippen LogP contribution in [0.1, 0.15) is 54.9 Å². The second-order valence-electron chi connectivity index (χ2n) is 10.1. The topological polar surface area (TPSA) is 109 Å². The van der Waals surface area contributed by atoms with Gasteiger partial charge in [0.15, 0.2) is 5.60 Å². The molecule has 0 radical (unpaired) electrons. The van der Waals surface area contributed by atoms with Gasteiger partial charge in [0.1, 0.15) is 13.1 Å². The van der Waals surface area contributed by atoms with E-state index in [4.69, 9.17) is 35.7 Å². The van der Waals surface area contributed by atoms with Crippen molar-refractivity contribution in [3.05, 3.63) is 82.5 Å². The normalized spacial score (nSPS) is 15.9. The monoisotopic (exact) mass is 529 g/mol. The Bertz CT molecular complexity index is 1080. The molecule has 0 spiro atoms. The van der Waals surface area contributed by atoms with E-state index in [0.717, 1.165) is 48.4 Å². The largest absolute Gasteiger partial charge is 0.554 e. The molecule has 1 heterocycles. The van der Waals surface area contributed by atoms with Crippen LogP contribution in [0, 0.1) is 5.92 Å². The zero-order valence-corrected chi connectivity index (χ0v) is 22.3. The molecule has 0 bridgehead atoms. The number of hydrogen-bond donors (Lipinski definition) is 1. The van der Waals surface area contributed by atoms with Crippen LogP contribution >= 0.6 is 11.6 Å². The van der Waals surface area contributed by atoms with Crippen LogP contribution in [0.2, 0.25) is 5.02 Å². The Balaban J connectivity index is 0.00000121. The van der Waals surface area contributed by atoms with Gasteiger partial charge in [0.2, 0.25) is 5.82 Å². The number of hydrogen-bond acceptors (Lipinski definition) is 7. The molecule has 8 nitrogen and oxygen atoms in total. The summed E-state index contributed by atoms with van der Waals surface area (Å²) in [7, 11) is 4.23. The predicted molar refractivity (Wildman–Crippen MR) is 138 cm³/mol. The Morgan fingerprint density at radius 3 is 2.43 bits per heavy atom. The first-order valence-electron chi connectivity index (χ1n) is 12.6. The quantitative estimate of drug-likeness (QED) is 0.242. The van der Waals surface area contributed by atoms with Gasteiger partial charge in [-0.1, -0.05) is 78.5 Å². The zero-order valence-electron chi connectivity index (χ0n) is 21.5. The maximum Gasteiger partial charge on any atom is 0.263 e. The number of benzene rings is 2. The van der Waals surface area contributed by atoms with Gasteiger partial charge in [-0.25, -0.2) is 0 Å². The molecule has 0 saturated heterocycles. The van der Waals surface area contributed by atoms with E-state index in [1.54, 1.807) is 0 Å². The minimum Gasteiger partial charge on any atom is -0.554 e. The van der Waals surface area contributed by atoms with Crippen LogP contribution in [0.25, 0.3) is 0 Å². The zero-order chi connectivity index (χ0) is 26.7. The van der Waals surface area contributed by atoms with E-state index in [1.165, 1.54) is 6.42 Å². The molecule has 37 heavy (non-hydrogen) atoms. The molecule has 9 heteroatoms. The highest BCUT2D eigenvalue weighted by molar-refractivity contribution is 6.30. The van der Waals surface area contributed by atoms with Crippen molar-refractivity contribution in [2.75, 3.05) is 27.2 Å². The van der Waals surface area contributed by atoms with Crippen LogP contribution < -0.4 is 5.11 Å². The molecule has 3 aromatic rings. The van der Waals surface area contributed by atoms with E-state index in [2.05, 4.69) is 19.3 Å². The van der Waals surface area contributed by atoms with Crippen LogP contribution in [0.5, 0.6) is 0 Å². The summed E-state index contributed by atoms with van der Waals surface area (Å²) < 4.78 is 12.2. The number of carboxylic acid groups (broad SMARTS) is 1. The number of aromatic nitrogens is 2. The fourth-order valence-corrected chi connectivity index (χ4v) is 4.89. The highest BCUT2D eigenvalue weighted by Gasteiger charge is 2.45. The Kier molecular flexibility index (Phi) is 10.6. The minimum absolute atomic E-state index is 0.0701.